The van der Waals surface area contributed by atoms with Gasteiger partial charge in [0.1, 0.15) is 0 Å². The second-order valence-corrected chi connectivity index (χ2v) is 4.57. The SMILES string of the molecule is CC1CCN(C=CN=Nc2ccccc2)CC1. The molecule has 3 nitrogen and oxygen atoms in total. The Hall–Kier alpha value is -1.64. The molecule has 0 radical (unpaired) electrons. The maximum absolute atomic E-state index is 4.12. The van der Waals surface area contributed by atoms with Gasteiger partial charge >= 0.3 is 0 Å². The summed E-state index contributed by atoms with van der Waals surface area (Å²) in [5, 5.41) is 8.17. The van der Waals surface area contributed by atoms with Crippen molar-refractivity contribution in [2.24, 2.45) is 16.1 Å². The van der Waals surface area contributed by atoms with Crippen molar-refractivity contribution in [1.29, 1.82) is 0 Å². The van der Waals surface area contributed by atoms with E-state index in [0.29, 0.717) is 0 Å². The molecule has 0 aromatic heterocycles. The summed E-state index contributed by atoms with van der Waals surface area (Å²) in [6, 6.07) is 9.79. The topological polar surface area (TPSA) is 28.0 Å². The van der Waals surface area contributed by atoms with Gasteiger partial charge in [0.2, 0.25) is 0 Å². The summed E-state index contributed by atoms with van der Waals surface area (Å²) >= 11 is 0. The standard InChI is InChI=1S/C14H19N3/c1-13-7-10-17(11-8-13)12-9-15-16-14-5-3-2-4-6-14/h2-6,9,12-13H,7-8,10-11H2,1H3. The first-order valence-corrected chi connectivity index (χ1v) is 6.21. The van der Waals surface area contributed by atoms with Crippen LogP contribution in [0.25, 0.3) is 0 Å². The number of benzene rings is 1. The van der Waals surface area contributed by atoms with Crippen LogP contribution in [0.5, 0.6) is 0 Å². The molecule has 0 amide bonds. The van der Waals surface area contributed by atoms with Gasteiger partial charge in [-0.1, -0.05) is 25.1 Å². The van der Waals surface area contributed by atoms with E-state index in [2.05, 4.69) is 22.1 Å². The summed E-state index contributed by atoms with van der Waals surface area (Å²) in [7, 11) is 0. The monoisotopic (exact) mass is 229 g/mol. The third-order valence-corrected chi connectivity index (χ3v) is 3.09. The first kappa shape index (κ1) is 11.8. The van der Waals surface area contributed by atoms with Crippen LogP contribution in [0, 0.1) is 5.92 Å². The van der Waals surface area contributed by atoms with Crippen molar-refractivity contribution < 1.29 is 0 Å². The fourth-order valence-electron chi connectivity index (χ4n) is 1.90. The van der Waals surface area contributed by atoms with E-state index in [1.54, 1.807) is 6.20 Å². The Labute approximate surface area is 103 Å². The molecule has 0 saturated carbocycles. The molecule has 0 unspecified atom stereocenters. The molecule has 2 rings (SSSR count). The Bertz CT molecular complexity index is 376. The molecule has 3 heteroatoms. The fraction of sp³-hybridized carbons (Fsp3) is 0.429. The molecule has 0 N–H and O–H groups in total. The third kappa shape index (κ3) is 4.02. The van der Waals surface area contributed by atoms with Crippen LogP contribution in [0.3, 0.4) is 0 Å². The molecule has 1 heterocycles. The molecule has 1 aromatic rings. The Morgan fingerprint density at radius 3 is 2.59 bits per heavy atom. The normalized spacial score (nSPS) is 18.3. The van der Waals surface area contributed by atoms with Crippen LogP contribution in [0.1, 0.15) is 19.8 Å². The van der Waals surface area contributed by atoms with E-state index < -0.39 is 0 Å². The van der Waals surface area contributed by atoms with Gasteiger partial charge in [0.25, 0.3) is 0 Å². The van der Waals surface area contributed by atoms with E-state index in [-0.39, 0.29) is 0 Å². The van der Waals surface area contributed by atoms with Gasteiger partial charge in [0.05, 0.1) is 11.9 Å². The maximum atomic E-state index is 4.12. The van der Waals surface area contributed by atoms with Gasteiger partial charge in [0, 0.05) is 19.3 Å². The highest BCUT2D eigenvalue weighted by molar-refractivity contribution is 5.34. The van der Waals surface area contributed by atoms with Crippen molar-refractivity contribution in [3.63, 3.8) is 0 Å². The molecular formula is C14H19N3. The van der Waals surface area contributed by atoms with Crippen molar-refractivity contribution in [2.45, 2.75) is 19.8 Å². The molecule has 1 aromatic carbocycles. The van der Waals surface area contributed by atoms with Crippen molar-refractivity contribution in [2.75, 3.05) is 13.1 Å². The van der Waals surface area contributed by atoms with E-state index in [1.807, 2.05) is 36.5 Å². The number of likely N-dealkylation sites (tertiary alicyclic amines) is 1. The molecule has 0 atom stereocenters. The second-order valence-electron chi connectivity index (χ2n) is 4.57. The van der Waals surface area contributed by atoms with E-state index in [9.17, 15) is 0 Å². The molecule has 1 aliphatic heterocycles. The van der Waals surface area contributed by atoms with Gasteiger partial charge in [-0.2, -0.15) is 10.2 Å². The van der Waals surface area contributed by atoms with Crippen molar-refractivity contribution >= 4 is 5.69 Å². The summed E-state index contributed by atoms with van der Waals surface area (Å²) in [6.07, 6.45) is 6.38. The first-order chi connectivity index (χ1) is 8.34. The second kappa shape index (κ2) is 6.18. The van der Waals surface area contributed by atoms with Crippen molar-refractivity contribution in [3.8, 4) is 0 Å². The van der Waals surface area contributed by atoms with Crippen LogP contribution < -0.4 is 0 Å². The van der Waals surface area contributed by atoms with Crippen LogP contribution in [0.15, 0.2) is 53.0 Å². The third-order valence-electron chi connectivity index (χ3n) is 3.09. The zero-order chi connectivity index (χ0) is 11.9. The number of piperidine rings is 1. The largest absolute Gasteiger partial charge is 0.376 e. The van der Waals surface area contributed by atoms with Crippen molar-refractivity contribution in [3.05, 3.63) is 42.7 Å². The van der Waals surface area contributed by atoms with Gasteiger partial charge < -0.3 is 4.90 Å². The number of hydrogen-bond donors (Lipinski definition) is 0. The van der Waals surface area contributed by atoms with Crippen LogP contribution in [0.2, 0.25) is 0 Å². The number of rotatable bonds is 3. The van der Waals surface area contributed by atoms with Crippen LogP contribution in [-0.2, 0) is 0 Å². The zero-order valence-corrected chi connectivity index (χ0v) is 10.3. The minimum Gasteiger partial charge on any atom is -0.376 e. The lowest BCUT2D eigenvalue weighted by Crippen LogP contribution is -2.28. The highest BCUT2D eigenvalue weighted by atomic mass is 15.1. The minimum absolute atomic E-state index is 0.866. The number of azo groups is 1. The Kier molecular flexibility index (Phi) is 4.30. The van der Waals surface area contributed by atoms with Crippen LogP contribution in [-0.4, -0.2) is 18.0 Å². The van der Waals surface area contributed by atoms with Gasteiger partial charge in [-0.25, -0.2) is 0 Å². The predicted molar refractivity (Wildman–Crippen MR) is 70.1 cm³/mol. The number of nitrogens with zero attached hydrogens (tertiary/aromatic N) is 3. The Morgan fingerprint density at radius 1 is 1.18 bits per heavy atom. The van der Waals surface area contributed by atoms with E-state index in [1.165, 1.54) is 12.8 Å². The smallest absolute Gasteiger partial charge is 0.0856 e. The molecule has 0 spiro atoms. The summed E-state index contributed by atoms with van der Waals surface area (Å²) in [6.45, 7) is 4.59. The molecule has 0 aliphatic carbocycles. The molecule has 1 saturated heterocycles. The molecule has 1 fully saturated rings. The molecule has 17 heavy (non-hydrogen) atoms. The lowest BCUT2D eigenvalue weighted by Gasteiger charge is -2.28. The van der Waals surface area contributed by atoms with Crippen molar-refractivity contribution in [1.82, 2.24) is 4.90 Å². The lowest BCUT2D eigenvalue weighted by molar-refractivity contribution is 0.255. The zero-order valence-electron chi connectivity index (χ0n) is 10.3. The van der Waals surface area contributed by atoms with Gasteiger partial charge in [-0.3, -0.25) is 0 Å². The summed E-state index contributed by atoms with van der Waals surface area (Å²) in [5.74, 6) is 0.866. The van der Waals surface area contributed by atoms with E-state index in [4.69, 9.17) is 0 Å². The lowest BCUT2D eigenvalue weighted by atomic mass is 10.00. The minimum atomic E-state index is 0.866. The van der Waals surface area contributed by atoms with Crippen LogP contribution >= 0.6 is 0 Å². The summed E-state index contributed by atoms with van der Waals surface area (Å²) < 4.78 is 0. The molecular weight excluding hydrogens is 210 g/mol. The molecule has 90 valence electrons. The quantitative estimate of drug-likeness (QED) is 0.721. The first-order valence-electron chi connectivity index (χ1n) is 6.21. The number of hydrogen-bond acceptors (Lipinski definition) is 3. The fourth-order valence-corrected chi connectivity index (χ4v) is 1.90. The van der Waals surface area contributed by atoms with Gasteiger partial charge in [0.15, 0.2) is 0 Å². The molecule has 0 bridgehead atoms. The highest BCUT2D eigenvalue weighted by Crippen LogP contribution is 2.16. The Balaban J connectivity index is 1.80. The van der Waals surface area contributed by atoms with E-state index in [0.717, 1.165) is 24.7 Å². The Morgan fingerprint density at radius 2 is 1.88 bits per heavy atom. The van der Waals surface area contributed by atoms with Gasteiger partial charge in [-0.05, 0) is 30.9 Å². The highest BCUT2D eigenvalue weighted by Gasteiger charge is 2.11. The van der Waals surface area contributed by atoms with Crippen LogP contribution in [0.4, 0.5) is 5.69 Å². The average molecular weight is 229 g/mol. The van der Waals surface area contributed by atoms with E-state index >= 15 is 0 Å². The predicted octanol–water partition coefficient (Wildman–Crippen LogP) is 3.97. The average Bonchev–Trinajstić information content (AvgIpc) is 2.38. The van der Waals surface area contributed by atoms with Gasteiger partial charge in [-0.15, -0.1) is 0 Å². The summed E-state index contributed by atoms with van der Waals surface area (Å²) in [5.41, 5.74) is 0.893. The molecule has 1 aliphatic rings. The summed E-state index contributed by atoms with van der Waals surface area (Å²) in [4.78, 5) is 2.31. The maximum Gasteiger partial charge on any atom is 0.0856 e.